The quantitative estimate of drug-likeness (QED) is 0.595. The fourth-order valence-corrected chi connectivity index (χ4v) is 3.61. The second-order valence-corrected chi connectivity index (χ2v) is 8.21. The first-order chi connectivity index (χ1) is 14.3. The van der Waals surface area contributed by atoms with E-state index in [-0.39, 0.29) is 12.1 Å². The van der Waals surface area contributed by atoms with Crippen molar-refractivity contribution in [1.29, 1.82) is 0 Å². The maximum atomic E-state index is 12.4. The van der Waals surface area contributed by atoms with Crippen molar-refractivity contribution in [2.24, 2.45) is 0 Å². The van der Waals surface area contributed by atoms with E-state index < -0.39 is 17.6 Å². The van der Waals surface area contributed by atoms with Crippen LogP contribution in [0, 0.1) is 6.92 Å². The van der Waals surface area contributed by atoms with Gasteiger partial charge in [-0.1, -0.05) is 59.1 Å². The first-order valence-corrected chi connectivity index (χ1v) is 10.6. The Balaban J connectivity index is 1.46. The summed E-state index contributed by atoms with van der Waals surface area (Å²) in [5.74, 6) is -1.36. The number of carbonyl (C=O) groups excluding carboxylic acids is 2. The minimum atomic E-state index is -0.497. The molecule has 2 aromatic carbocycles. The Labute approximate surface area is 186 Å². The molecule has 0 radical (unpaired) electrons. The lowest BCUT2D eigenvalue weighted by molar-refractivity contribution is -0.127. The molecule has 1 aliphatic heterocycles. The number of nitrogens with zero attached hydrogens (tertiary/aromatic N) is 1. The molecule has 158 valence electrons. The van der Waals surface area contributed by atoms with Crippen LogP contribution in [0.3, 0.4) is 0 Å². The second kappa shape index (κ2) is 10.0. The molecule has 0 fully saturated rings. The minimum Gasteiger partial charge on any atom is -0.503 e. The number of halogens is 2. The van der Waals surface area contributed by atoms with Gasteiger partial charge in [-0.2, -0.15) is 0 Å². The molecule has 0 saturated carbocycles. The molecule has 0 atom stereocenters. The lowest BCUT2D eigenvalue weighted by atomic mass is 10.1. The van der Waals surface area contributed by atoms with Crippen molar-refractivity contribution in [2.45, 2.75) is 26.2 Å². The Morgan fingerprint density at radius 2 is 1.77 bits per heavy atom. The van der Waals surface area contributed by atoms with Gasteiger partial charge in [0.05, 0.1) is 22.2 Å². The Morgan fingerprint density at radius 3 is 2.47 bits per heavy atom. The molecule has 0 spiro atoms. The molecule has 30 heavy (non-hydrogen) atoms. The number of aliphatic hydroxyl groups excluding tert-OH is 1. The molecule has 0 aliphatic carbocycles. The normalized spacial score (nSPS) is 13.8. The van der Waals surface area contributed by atoms with Gasteiger partial charge >= 0.3 is 0 Å². The smallest absolute Gasteiger partial charge is 0.289 e. The molecule has 0 aromatic heterocycles. The summed E-state index contributed by atoms with van der Waals surface area (Å²) in [6, 6.07) is 13.5. The number of rotatable bonds is 8. The van der Waals surface area contributed by atoms with Crippen molar-refractivity contribution in [3.63, 3.8) is 0 Å². The van der Waals surface area contributed by atoms with Gasteiger partial charge in [0.2, 0.25) is 0 Å². The number of hydrogen-bond donors (Lipinski definition) is 2. The van der Waals surface area contributed by atoms with Crippen molar-refractivity contribution in [1.82, 2.24) is 10.2 Å². The molecule has 0 saturated heterocycles. The summed E-state index contributed by atoms with van der Waals surface area (Å²) in [5, 5.41) is 13.9. The molecule has 2 amide bonds. The number of amides is 2. The Hall–Kier alpha value is -2.50. The Morgan fingerprint density at radius 1 is 1.07 bits per heavy atom. The molecule has 0 bridgehead atoms. The predicted octanol–water partition coefficient (Wildman–Crippen LogP) is 4.25. The van der Waals surface area contributed by atoms with Crippen molar-refractivity contribution < 1.29 is 14.7 Å². The topological polar surface area (TPSA) is 69.6 Å². The number of hydrogen-bond acceptors (Lipinski definition) is 3. The van der Waals surface area contributed by atoms with Gasteiger partial charge in [-0.3, -0.25) is 9.59 Å². The summed E-state index contributed by atoms with van der Waals surface area (Å²) in [5.41, 5.74) is 3.43. The minimum absolute atomic E-state index is 0.120. The van der Waals surface area contributed by atoms with Crippen LogP contribution in [-0.4, -0.2) is 41.5 Å². The first-order valence-electron chi connectivity index (χ1n) is 9.84. The van der Waals surface area contributed by atoms with Gasteiger partial charge in [0.25, 0.3) is 11.8 Å². The summed E-state index contributed by atoms with van der Waals surface area (Å²) in [6.45, 7) is 3.01. The van der Waals surface area contributed by atoms with Crippen molar-refractivity contribution in [2.75, 3.05) is 19.6 Å². The summed E-state index contributed by atoms with van der Waals surface area (Å²) in [6.07, 6.45) is 2.09. The average Bonchev–Trinajstić information content (AvgIpc) is 3.02. The highest BCUT2D eigenvalue weighted by Gasteiger charge is 2.33. The maximum Gasteiger partial charge on any atom is 0.289 e. The lowest BCUT2D eigenvalue weighted by Gasteiger charge is -2.16. The van der Waals surface area contributed by atoms with Gasteiger partial charge < -0.3 is 15.3 Å². The predicted molar refractivity (Wildman–Crippen MR) is 119 cm³/mol. The fraction of sp³-hybridized carbons (Fsp3) is 0.304. The molecule has 1 heterocycles. The van der Waals surface area contributed by atoms with Crippen molar-refractivity contribution in [3.05, 3.63) is 80.5 Å². The van der Waals surface area contributed by atoms with E-state index in [1.165, 1.54) is 10.5 Å². The zero-order valence-electron chi connectivity index (χ0n) is 16.8. The highest BCUT2D eigenvalue weighted by atomic mass is 35.5. The monoisotopic (exact) mass is 446 g/mol. The largest absolute Gasteiger partial charge is 0.503 e. The first kappa shape index (κ1) is 22.2. The van der Waals surface area contributed by atoms with Crippen LogP contribution < -0.4 is 5.32 Å². The van der Waals surface area contributed by atoms with E-state index in [0.29, 0.717) is 36.0 Å². The third-order valence-corrected chi connectivity index (χ3v) is 5.84. The lowest BCUT2D eigenvalue weighted by Crippen LogP contribution is -2.32. The number of benzene rings is 2. The zero-order valence-corrected chi connectivity index (χ0v) is 18.3. The number of aryl methyl sites for hydroxylation is 2. The Kier molecular flexibility index (Phi) is 7.40. The van der Waals surface area contributed by atoms with Crippen LogP contribution in [0.4, 0.5) is 0 Å². The van der Waals surface area contributed by atoms with Crippen LogP contribution in [0.2, 0.25) is 10.0 Å². The fourth-order valence-electron chi connectivity index (χ4n) is 3.29. The standard InChI is InChI=1S/C23H24Cl2N2O3/c1-15-4-6-16(7-5-15)10-12-27-14-18(21(28)23(27)30)22(29)26-11-2-3-17-8-9-19(24)20(25)13-17/h4-9,13,28H,2-3,10-12,14H2,1H3,(H,26,29). The van der Waals surface area contributed by atoms with E-state index >= 15 is 0 Å². The molecule has 2 aromatic rings. The number of aliphatic hydroxyl groups is 1. The summed E-state index contributed by atoms with van der Waals surface area (Å²) < 4.78 is 0. The maximum absolute atomic E-state index is 12.4. The molecule has 7 heteroatoms. The van der Waals surface area contributed by atoms with E-state index in [1.54, 1.807) is 6.07 Å². The van der Waals surface area contributed by atoms with Crippen LogP contribution in [0.15, 0.2) is 53.8 Å². The highest BCUT2D eigenvalue weighted by molar-refractivity contribution is 6.42. The third kappa shape index (κ3) is 5.55. The number of carbonyl (C=O) groups is 2. The van der Waals surface area contributed by atoms with Crippen LogP contribution in [0.5, 0.6) is 0 Å². The SMILES string of the molecule is Cc1ccc(CCN2CC(C(=O)NCCCc3ccc(Cl)c(Cl)c3)=C(O)C2=O)cc1. The van der Waals surface area contributed by atoms with E-state index in [1.807, 2.05) is 43.3 Å². The summed E-state index contributed by atoms with van der Waals surface area (Å²) >= 11 is 11.9. The van der Waals surface area contributed by atoms with Gasteiger partial charge in [0, 0.05) is 13.1 Å². The van der Waals surface area contributed by atoms with Crippen molar-refractivity contribution in [3.8, 4) is 0 Å². The molecular weight excluding hydrogens is 423 g/mol. The van der Waals surface area contributed by atoms with E-state index in [0.717, 1.165) is 17.5 Å². The molecule has 3 rings (SSSR count). The zero-order chi connectivity index (χ0) is 21.7. The van der Waals surface area contributed by atoms with E-state index in [9.17, 15) is 14.7 Å². The molecular formula is C23H24Cl2N2O3. The van der Waals surface area contributed by atoms with Crippen LogP contribution in [0.25, 0.3) is 0 Å². The van der Waals surface area contributed by atoms with Crippen LogP contribution in [-0.2, 0) is 22.4 Å². The Bertz CT molecular complexity index is 971. The molecule has 1 aliphatic rings. The van der Waals surface area contributed by atoms with Crippen molar-refractivity contribution >= 4 is 35.0 Å². The summed E-state index contributed by atoms with van der Waals surface area (Å²) in [7, 11) is 0. The second-order valence-electron chi connectivity index (χ2n) is 7.40. The number of nitrogens with one attached hydrogen (secondary N) is 1. The van der Waals surface area contributed by atoms with Gasteiger partial charge in [0.1, 0.15) is 0 Å². The highest BCUT2D eigenvalue weighted by Crippen LogP contribution is 2.23. The summed E-state index contributed by atoms with van der Waals surface area (Å²) in [4.78, 5) is 26.2. The molecule has 5 nitrogen and oxygen atoms in total. The van der Waals surface area contributed by atoms with E-state index in [4.69, 9.17) is 23.2 Å². The van der Waals surface area contributed by atoms with E-state index in [2.05, 4.69) is 5.32 Å². The molecule has 0 unspecified atom stereocenters. The third-order valence-electron chi connectivity index (χ3n) is 5.10. The van der Waals surface area contributed by atoms with Gasteiger partial charge in [-0.15, -0.1) is 0 Å². The van der Waals surface area contributed by atoms with Gasteiger partial charge in [-0.25, -0.2) is 0 Å². The van der Waals surface area contributed by atoms with Crippen LogP contribution >= 0.6 is 23.2 Å². The molecule has 2 N–H and O–H groups in total. The van der Waals surface area contributed by atoms with Crippen LogP contribution in [0.1, 0.15) is 23.1 Å². The van der Waals surface area contributed by atoms with Gasteiger partial charge in [0.15, 0.2) is 5.76 Å². The van der Waals surface area contributed by atoms with Gasteiger partial charge in [-0.05, 0) is 49.4 Å². The average molecular weight is 447 g/mol.